The fourth-order valence-electron chi connectivity index (χ4n) is 1.66. The number of rotatable bonds is 7. The number of anilines is 1. The Balaban J connectivity index is 2.43. The Bertz CT molecular complexity index is 304. The number of benzene rings is 1. The molecule has 1 unspecified atom stereocenters. The van der Waals surface area contributed by atoms with Gasteiger partial charge < -0.3 is 10.4 Å². The lowest BCUT2D eigenvalue weighted by atomic mass is 10.1. The molecule has 0 bridgehead atoms. The van der Waals surface area contributed by atoms with Crippen LogP contribution >= 0.6 is 15.9 Å². The number of halogens is 1. The quantitative estimate of drug-likeness (QED) is 0.747. The highest BCUT2D eigenvalue weighted by atomic mass is 79.9. The number of nitrogens with one attached hydrogen (secondary N) is 1. The Morgan fingerprint density at radius 1 is 1.38 bits per heavy atom. The first-order chi connectivity index (χ1) is 7.76. The van der Waals surface area contributed by atoms with Crippen LogP contribution in [0.25, 0.3) is 0 Å². The summed E-state index contributed by atoms with van der Waals surface area (Å²) in [6, 6.07) is 8.21. The van der Waals surface area contributed by atoms with E-state index in [1.165, 1.54) is 19.3 Å². The van der Waals surface area contributed by atoms with Gasteiger partial charge in [-0.3, -0.25) is 0 Å². The lowest BCUT2D eigenvalue weighted by Crippen LogP contribution is -2.23. The lowest BCUT2D eigenvalue weighted by Gasteiger charge is -2.17. The standard InChI is InChI=1S/C13H20BrNO/c1-2-3-4-7-13(10-16)15-12-8-5-6-11(14)9-12/h5-6,8-9,13,15-16H,2-4,7,10H2,1H3. The molecule has 1 aromatic rings. The molecule has 2 N–H and O–H groups in total. The van der Waals surface area contributed by atoms with Crippen LogP contribution in [0.2, 0.25) is 0 Å². The van der Waals surface area contributed by atoms with Gasteiger partial charge in [-0.1, -0.05) is 48.2 Å². The molecule has 1 atom stereocenters. The van der Waals surface area contributed by atoms with Crippen LogP contribution in [-0.2, 0) is 0 Å². The first kappa shape index (κ1) is 13.5. The summed E-state index contributed by atoms with van der Waals surface area (Å²) in [5, 5.41) is 12.6. The van der Waals surface area contributed by atoms with Gasteiger partial charge in [-0.2, -0.15) is 0 Å². The van der Waals surface area contributed by atoms with Crippen molar-refractivity contribution in [2.24, 2.45) is 0 Å². The molecule has 0 saturated heterocycles. The van der Waals surface area contributed by atoms with Crippen molar-refractivity contribution in [3.05, 3.63) is 28.7 Å². The largest absolute Gasteiger partial charge is 0.394 e. The van der Waals surface area contributed by atoms with Gasteiger partial charge in [-0.15, -0.1) is 0 Å². The highest BCUT2D eigenvalue weighted by Crippen LogP contribution is 2.17. The molecular weight excluding hydrogens is 266 g/mol. The van der Waals surface area contributed by atoms with Crippen LogP contribution in [0.3, 0.4) is 0 Å². The maximum atomic E-state index is 9.28. The van der Waals surface area contributed by atoms with Gasteiger partial charge in [-0.05, 0) is 24.6 Å². The maximum absolute atomic E-state index is 9.28. The summed E-state index contributed by atoms with van der Waals surface area (Å²) in [5.74, 6) is 0. The Kier molecular flexibility index (Phi) is 6.50. The van der Waals surface area contributed by atoms with E-state index in [0.717, 1.165) is 16.6 Å². The third-order valence-electron chi connectivity index (χ3n) is 2.57. The minimum atomic E-state index is 0.167. The molecule has 0 spiro atoms. The van der Waals surface area contributed by atoms with Crippen LogP contribution in [0.15, 0.2) is 28.7 Å². The molecule has 3 heteroatoms. The highest BCUT2D eigenvalue weighted by Gasteiger charge is 2.06. The third kappa shape index (κ3) is 4.99. The van der Waals surface area contributed by atoms with Crippen molar-refractivity contribution < 1.29 is 5.11 Å². The van der Waals surface area contributed by atoms with E-state index in [4.69, 9.17) is 0 Å². The van der Waals surface area contributed by atoms with E-state index in [0.29, 0.717) is 0 Å². The van der Waals surface area contributed by atoms with Crippen LogP contribution in [0.1, 0.15) is 32.6 Å². The van der Waals surface area contributed by atoms with Gasteiger partial charge in [0.2, 0.25) is 0 Å². The summed E-state index contributed by atoms with van der Waals surface area (Å²) in [6.45, 7) is 2.38. The third-order valence-corrected chi connectivity index (χ3v) is 3.07. The molecule has 0 radical (unpaired) electrons. The second-order valence-corrected chi connectivity index (χ2v) is 4.95. The number of aliphatic hydroxyl groups is 1. The van der Waals surface area contributed by atoms with Crippen molar-refractivity contribution in [3.8, 4) is 0 Å². The van der Waals surface area contributed by atoms with Crippen LogP contribution in [0.5, 0.6) is 0 Å². The van der Waals surface area contributed by atoms with Crippen LogP contribution in [0.4, 0.5) is 5.69 Å². The maximum Gasteiger partial charge on any atom is 0.0632 e. The molecule has 0 heterocycles. The zero-order valence-electron chi connectivity index (χ0n) is 9.75. The zero-order valence-corrected chi connectivity index (χ0v) is 11.3. The van der Waals surface area contributed by atoms with Gasteiger partial charge in [0, 0.05) is 16.2 Å². The summed E-state index contributed by atoms with van der Waals surface area (Å²) in [4.78, 5) is 0. The van der Waals surface area contributed by atoms with E-state index >= 15 is 0 Å². The molecule has 0 aliphatic rings. The molecule has 0 saturated carbocycles. The first-order valence-corrected chi connectivity index (χ1v) is 6.68. The second-order valence-electron chi connectivity index (χ2n) is 4.03. The van der Waals surface area contributed by atoms with Crippen molar-refractivity contribution in [1.29, 1.82) is 0 Å². The van der Waals surface area contributed by atoms with E-state index in [1.54, 1.807) is 0 Å². The minimum absolute atomic E-state index is 0.167. The Labute approximate surface area is 106 Å². The van der Waals surface area contributed by atoms with Gasteiger partial charge in [0.25, 0.3) is 0 Å². The molecule has 2 nitrogen and oxygen atoms in total. The van der Waals surface area contributed by atoms with E-state index in [-0.39, 0.29) is 12.6 Å². The van der Waals surface area contributed by atoms with Crippen molar-refractivity contribution >= 4 is 21.6 Å². The molecule has 1 aromatic carbocycles. The van der Waals surface area contributed by atoms with E-state index < -0.39 is 0 Å². The van der Waals surface area contributed by atoms with Gasteiger partial charge >= 0.3 is 0 Å². The van der Waals surface area contributed by atoms with Gasteiger partial charge in [0.15, 0.2) is 0 Å². The van der Waals surface area contributed by atoms with Crippen molar-refractivity contribution in [1.82, 2.24) is 0 Å². The first-order valence-electron chi connectivity index (χ1n) is 5.89. The number of hydrogen-bond donors (Lipinski definition) is 2. The van der Waals surface area contributed by atoms with E-state index in [1.807, 2.05) is 24.3 Å². The predicted molar refractivity (Wildman–Crippen MR) is 72.8 cm³/mol. The smallest absolute Gasteiger partial charge is 0.0632 e. The van der Waals surface area contributed by atoms with Crippen LogP contribution < -0.4 is 5.32 Å². The SMILES string of the molecule is CCCCCC(CO)Nc1cccc(Br)c1. The monoisotopic (exact) mass is 285 g/mol. The Hall–Kier alpha value is -0.540. The summed E-state index contributed by atoms with van der Waals surface area (Å²) in [5.41, 5.74) is 1.06. The highest BCUT2D eigenvalue weighted by molar-refractivity contribution is 9.10. The average molecular weight is 286 g/mol. The second kappa shape index (κ2) is 7.69. The van der Waals surface area contributed by atoms with Crippen molar-refractivity contribution in [2.75, 3.05) is 11.9 Å². The predicted octanol–water partition coefficient (Wildman–Crippen LogP) is 3.80. The van der Waals surface area contributed by atoms with Crippen LogP contribution in [0, 0.1) is 0 Å². The molecule has 16 heavy (non-hydrogen) atoms. The molecule has 0 aromatic heterocycles. The van der Waals surface area contributed by atoms with Crippen molar-refractivity contribution in [3.63, 3.8) is 0 Å². The van der Waals surface area contributed by atoms with E-state index in [2.05, 4.69) is 28.2 Å². The number of unbranched alkanes of at least 4 members (excludes halogenated alkanes) is 2. The normalized spacial score (nSPS) is 12.4. The molecule has 90 valence electrons. The zero-order chi connectivity index (χ0) is 11.8. The summed E-state index contributed by atoms with van der Waals surface area (Å²) in [6.07, 6.45) is 4.64. The topological polar surface area (TPSA) is 32.3 Å². The summed E-state index contributed by atoms with van der Waals surface area (Å²) >= 11 is 3.44. The van der Waals surface area contributed by atoms with E-state index in [9.17, 15) is 5.11 Å². The molecule has 0 aliphatic heterocycles. The van der Waals surface area contributed by atoms with Gasteiger partial charge in [0.1, 0.15) is 0 Å². The molecule has 1 rings (SSSR count). The number of hydrogen-bond acceptors (Lipinski definition) is 2. The molecule has 0 amide bonds. The Morgan fingerprint density at radius 2 is 2.19 bits per heavy atom. The summed E-state index contributed by atoms with van der Waals surface area (Å²) in [7, 11) is 0. The van der Waals surface area contributed by atoms with Crippen LogP contribution in [-0.4, -0.2) is 17.8 Å². The Morgan fingerprint density at radius 3 is 2.81 bits per heavy atom. The molecular formula is C13H20BrNO. The van der Waals surface area contributed by atoms with Crippen molar-refractivity contribution in [2.45, 2.75) is 38.6 Å². The van der Waals surface area contributed by atoms with Gasteiger partial charge in [-0.25, -0.2) is 0 Å². The number of aliphatic hydroxyl groups excluding tert-OH is 1. The minimum Gasteiger partial charge on any atom is -0.394 e. The summed E-state index contributed by atoms with van der Waals surface area (Å²) < 4.78 is 1.06. The average Bonchev–Trinajstić information content (AvgIpc) is 2.28. The lowest BCUT2D eigenvalue weighted by molar-refractivity contribution is 0.266. The molecule has 0 fully saturated rings. The fourth-order valence-corrected chi connectivity index (χ4v) is 2.06. The van der Waals surface area contributed by atoms with Gasteiger partial charge in [0.05, 0.1) is 6.61 Å². The fraction of sp³-hybridized carbons (Fsp3) is 0.538. The molecule has 0 aliphatic carbocycles.